The molecule has 0 bridgehead atoms. The molecule has 1 aromatic heterocycles. The number of amides is 2. The highest BCUT2D eigenvalue weighted by atomic mass is 16.6. The van der Waals surface area contributed by atoms with Crippen molar-refractivity contribution in [1.29, 1.82) is 0 Å². The van der Waals surface area contributed by atoms with Crippen LogP contribution in [0.5, 0.6) is 0 Å². The van der Waals surface area contributed by atoms with Crippen LogP contribution in [0.4, 0.5) is 4.79 Å². The van der Waals surface area contributed by atoms with Crippen molar-refractivity contribution in [2.24, 2.45) is 7.05 Å². The number of hydrogen-bond donors (Lipinski definition) is 0. The van der Waals surface area contributed by atoms with E-state index in [9.17, 15) is 9.59 Å². The summed E-state index contributed by atoms with van der Waals surface area (Å²) in [5.41, 5.74) is 2.60. The molecule has 0 spiro atoms. The highest BCUT2D eigenvalue weighted by Gasteiger charge is 2.32. The molecule has 1 fully saturated rings. The van der Waals surface area contributed by atoms with Crippen LogP contribution in [0.1, 0.15) is 35.9 Å². The van der Waals surface area contributed by atoms with E-state index in [4.69, 9.17) is 4.74 Å². The summed E-state index contributed by atoms with van der Waals surface area (Å²) in [5, 5.41) is 0. The van der Waals surface area contributed by atoms with Crippen molar-refractivity contribution in [3.63, 3.8) is 0 Å². The van der Waals surface area contributed by atoms with Gasteiger partial charge in [0.1, 0.15) is 5.82 Å². The van der Waals surface area contributed by atoms with Gasteiger partial charge in [0.25, 0.3) is 5.91 Å². The first-order valence-corrected chi connectivity index (χ1v) is 11.4. The number of ether oxygens (including phenoxy) is 1. The van der Waals surface area contributed by atoms with Crippen molar-refractivity contribution < 1.29 is 14.3 Å². The number of aryl methyl sites for hydroxylation is 1. The van der Waals surface area contributed by atoms with Gasteiger partial charge in [-0.3, -0.25) is 4.79 Å². The summed E-state index contributed by atoms with van der Waals surface area (Å²) in [6, 6.07) is 17.7. The van der Waals surface area contributed by atoms with Gasteiger partial charge in [-0.05, 0) is 37.0 Å². The third-order valence-electron chi connectivity index (χ3n) is 6.17. The zero-order chi connectivity index (χ0) is 23.2. The van der Waals surface area contributed by atoms with Gasteiger partial charge < -0.3 is 19.1 Å². The molecule has 0 saturated carbocycles. The summed E-state index contributed by atoms with van der Waals surface area (Å²) < 4.78 is 7.09. The third-order valence-corrected chi connectivity index (χ3v) is 6.17. The lowest BCUT2D eigenvalue weighted by Gasteiger charge is -2.38. The van der Waals surface area contributed by atoms with E-state index in [0.29, 0.717) is 44.6 Å². The van der Waals surface area contributed by atoms with Gasteiger partial charge in [-0.15, -0.1) is 0 Å². The van der Waals surface area contributed by atoms with Gasteiger partial charge >= 0.3 is 6.09 Å². The fourth-order valence-corrected chi connectivity index (χ4v) is 4.34. The molecule has 4 rings (SSSR count). The molecule has 0 aliphatic carbocycles. The minimum atomic E-state index is -0.285. The first kappa shape index (κ1) is 22.6. The number of carbonyl (C=O) groups excluding carboxylic acids is 2. The Morgan fingerprint density at radius 2 is 1.76 bits per heavy atom. The van der Waals surface area contributed by atoms with Crippen LogP contribution in [0, 0.1) is 0 Å². The Balaban J connectivity index is 1.62. The van der Waals surface area contributed by atoms with Crippen molar-refractivity contribution in [3.05, 3.63) is 78.4 Å². The Labute approximate surface area is 194 Å². The molecule has 1 aliphatic rings. The van der Waals surface area contributed by atoms with Gasteiger partial charge in [0.05, 0.1) is 13.2 Å². The molecule has 2 amide bonds. The second-order valence-corrected chi connectivity index (χ2v) is 8.22. The van der Waals surface area contributed by atoms with E-state index < -0.39 is 0 Å². The van der Waals surface area contributed by atoms with E-state index in [1.807, 2.05) is 84.2 Å². The van der Waals surface area contributed by atoms with Crippen LogP contribution in [0.2, 0.25) is 0 Å². The molecule has 33 heavy (non-hydrogen) atoms. The second kappa shape index (κ2) is 10.3. The topological polar surface area (TPSA) is 67.7 Å². The van der Waals surface area contributed by atoms with Crippen molar-refractivity contribution >= 4 is 12.0 Å². The van der Waals surface area contributed by atoms with Crippen LogP contribution in [0.15, 0.2) is 67.0 Å². The molecule has 1 aliphatic heterocycles. The van der Waals surface area contributed by atoms with Gasteiger partial charge in [0, 0.05) is 44.1 Å². The Morgan fingerprint density at radius 3 is 2.42 bits per heavy atom. The zero-order valence-corrected chi connectivity index (χ0v) is 19.2. The first-order valence-electron chi connectivity index (χ1n) is 11.4. The molecule has 0 unspecified atom stereocenters. The van der Waals surface area contributed by atoms with Crippen molar-refractivity contribution in [2.45, 2.75) is 32.4 Å². The van der Waals surface area contributed by atoms with Gasteiger partial charge in [0.15, 0.2) is 0 Å². The molecule has 0 atom stereocenters. The molecular formula is C26H30N4O3. The molecule has 2 heterocycles. The summed E-state index contributed by atoms with van der Waals surface area (Å²) in [6.45, 7) is 3.71. The molecule has 0 radical (unpaired) electrons. The third kappa shape index (κ3) is 5.08. The predicted molar refractivity (Wildman–Crippen MR) is 127 cm³/mol. The lowest BCUT2D eigenvalue weighted by atomic mass is 9.97. The van der Waals surface area contributed by atoms with Gasteiger partial charge in [-0.25, -0.2) is 9.78 Å². The molecule has 7 heteroatoms. The van der Waals surface area contributed by atoms with E-state index in [1.165, 1.54) is 0 Å². The monoisotopic (exact) mass is 446 g/mol. The fourth-order valence-electron chi connectivity index (χ4n) is 4.34. The Hall–Kier alpha value is -3.61. The van der Waals surface area contributed by atoms with Crippen LogP contribution in [-0.4, -0.2) is 57.1 Å². The normalized spacial score (nSPS) is 14.2. The lowest BCUT2D eigenvalue weighted by molar-refractivity contribution is 0.0508. The van der Waals surface area contributed by atoms with Crippen LogP contribution in [-0.2, 0) is 18.3 Å². The van der Waals surface area contributed by atoms with Crippen LogP contribution >= 0.6 is 0 Å². The maximum Gasteiger partial charge on any atom is 0.409 e. The minimum Gasteiger partial charge on any atom is -0.450 e. The highest BCUT2D eigenvalue weighted by molar-refractivity contribution is 6.01. The average molecular weight is 447 g/mol. The van der Waals surface area contributed by atoms with E-state index in [2.05, 4.69) is 4.98 Å². The van der Waals surface area contributed by atoms with Gasteiger partial charge in [-0.2, -0.15) is 0 Å². The summed E-state index contributed by atoms with van der Waals surface area (Å²) in [6.07, 6.45) is 4.75. The number of nitrogens with zero attached hydrogens (tertiary/aromatic N) is 4. The molecule has 3 aromatic rings. The summed E-state index contributed by atoms with van der Waals surface area (Å²) in [5.74, 6) is 0.806. The van der Waals surface area contributed by atoms with E-state index >= 15 is 0 Å². The number of likely N-dealkylation sites (tertiary alicyclic amines) is 1. The maximum atomic E-state index is 14.0. The summed E-state index contributed by atoms with van der Waals surface area (Å²) in [7, 11) is 1.94. The number of hydrogen-bond acceptors (Lipinski definition) is 4. The van der Waals surface area contributed by atoms with E-state index in [1.54, 1.807) is 11.1 Å². The predicted octanol–water partition coefficient (Wildman–Crippen LogP) is 4.35. The molecule has 172 valence electrons. The van der Waals surface area contributed by atoms with Crippen LogP contribution < -0.4 is 0 Å². The highest BCUT2D eigenvalue weighted by Crippen LogP contribution is 2.28. The number of rotatable bonds is 6. The molecule has 2 aromatic carbocycles. The molecule has 0 N–H and O–H groups in total. The minimum absolute atomic E-state index is 0.00343. The van der Waals surface area contributed by atoms with Crippen LogP contribution in [0.25, 0.3) is 11.1 Å². The number of carbonyl (C=O) groups is 2. The smallest absolute Gasteiger partial charge is 0.409 e. The number of piperidine rings is 1. The standard InChI is InChI=1S/C26H30N4O3/c1-3-33-26(32)29-16-13-21(14-17-29)30(19-24-27-15-18-28(24)2)25(31)23-12-8-7-11-22(23)20-9-5-4-6-10-20/h4-12,15,18,21H,3,13-14,16-17,19H2,1-2H3. The quantitative estimate of drug-likeness (QED) is 0.565. The number of aromatic nitrogens is 2. The number of imidazole rings is 1. The largest absolute Gasteiger partial charge is 0.450 e. The lowest BCUT2D eigenvalue weighted by Crippen LogP contribution is -2.49. The fraction of sp³-hybridized carbons (Fsp3) is 0.346. The zero-order valence-electron chi connectivity index (χ0n) is 19.2. The summed E-state index contributed by atoms with van der Waals surface area (Å²) in [4.78, 5) is 34.2. The van der Waals surface area contributed by atoms with Crippen LogP contribution in [0.3, 0.4) is 0 Å². The Morgan fingerprint density at radius 1 is 1.06 bits per heavy atom. The SMILES string of the molecule is CCOC(=O)N1CCC(N(Cc2nccn2C)C(=O)c2ccccc2-c2ccccc2)CC1. The second-order valence-electron chi connectivity index (χ2n) is 8.22. The van der Waals surface area contributed by atoms with Crippen molar-refractivity contribution in [3.8, 4) is 11.1 Å². The number of benzene rings is 2. The first-order chi connectivity index (χ1) is 16.1. The molecule has 7 nitrogen and oxygen atoms in total. The summed E-state index contributed by atoms with van der Waals surface area (Å²) >= 11 is 0. The van der Waals surface area contributed by atoms with Gasteiger partial charge in [-0.1, -0.05) is 48.5 Å². The van der Waals surface area contributed by atoms with Crippen molar-refractivity contribution in [1.82, 2.24) is 19.4 Å². The van der Waals surface area contributed by atoms with E-state index in [-0.39, 0.29) is 18.0 Å². The molecule has 1 saturated heterocycles. The Kier molecular flexibility index (Phi) is 7.07. The van der Waals surface area contributed by atoms with E-state index in [0.717, 1.165) is 17.0 Å². The molecular weight excluding hydrogens is 416 g/mol. The Bertz CT molecular complexity index is 1090. The van der Waals surface area contributed by atoms with Gasteiger partial charge in [0.2, 0.25) is 0 Å². The van der Waals surface area contributed by atoms with Crippen molar-refractivity contribution in [2.75, 3.05) is 19.7 Å². The maximum absolute atomic E-state index is 14.0. The average Bonchev–Trinajstić information content (AvgIpc) is 3.27.